The lowest BCUT2D eigenvalue weighted by Gasteiger charge is -2.41. The number of rotatable bonds is 2. The van der Waals surface area contributed by atoms with Crippen LogP contribution in [0.4, 0.5) is 16.4 Å². The lowest BCUT2D eigenvalue weighted by molar-refractivity contribution is 0.200. The zero-order valence-corrected chi connectivity index (χ0v) is 15.0. The minimum Gasteiger partial charge on any atom is -0.365 e. The third-order valence-electron chi connectivity index (χ3n) is 4.49. The second kappa shape index (κ2) is 6.80. The Balaban J connectivity index is 1.45. The number of carbonyl (C=O) groups excluding carboxylic acids is 1. The third-order valence-corrected chi connectivity index (χ3v) is 4.72. The molecule has 1 atom stereocenters. The Labute approximate surface area is 155 Å². The maximum absolute atomic E-state index is 12.7. The summed E-state index contributed by atoms with van der Waals surface area (Å²) >= 11 is 6.02. The fraction of sp³-hybridized carbons (Fsp3) is 0.294. The van der Waals surface area contributed by atoms with E-state index in [1.165, 1.54) is 0 Å². The van der Waals surface area contributed by atoms with Crippen LogP contribution in [-0.2, 0) is 0 Å². The first-order valence-corrected chi connectivity index (χ1v) is 8.72. The molecule has 0 bridgehead atoms. The fourth-order valence-corrected chi connectivity index (χ4v) is 3.35. The van der Waals surface area contributed by atoms with Gasteiger partial charge in [0.1, 0.15) is 0 Å². The van der Waals surface area contributed by atoms with E-state index in [9.17, 15) is 4.79 Å². The Morgan fingerprint density at radius 1 is 1.19 bits per heavy atom. The molecule has 1 fully saturated rings. The van der Waals surface area contributed by atoms with Crippen LogP contribution in [0.15, 0.2) is 42.9 Å². The van der Waals surface area contributed by atoms with Crippen molar-refractivity contribution in [2.75, 3.05) is 29.9 Å². The van der Waals surface area contributed by atoms with Crippen LogP contribution in [0, 0.1) is 0 Å². The largest absolute Gasteiger partial charge is 0.365 e. The Bertz CT molecular complexity index is 929. The van der Waals surface area contributed by atoms with Crippen molar-refractivity contribution in [1.82, 2.24) is 24.5 Å². The molecule has 4 rings (SSSR count). The molecule has 1 aliphatic rings. The molecule has 134 valence electrons. The van der Waals surface area contributed by atoms with Crippen LogP contribution in [0.2, 0.25) is 5.02 Å². The number of aromatic nitrogens is 4. The van der Waals surface area contributed by atoms with Gasteiger partial charge in [-0.3, -0.25) is 14.7 Å². The van der Waals surface area contributed by atoms with Crippen molar-refractivity contribution < 1.29 is 4.79 Å². The predicted molar refractivity (Wildman–Crippen MR) is 99.6 cm³/mol. The summed E-state index contributed by atoms with van der Waals surface area (Å²) in [5.41, 5.74) is 1.74. The number of nitrogens with zero attached hydrogens (tertiary/aromatic N) is 6. The maximum atomic E-state index is 12.7. The van der Waals surface area contributed by atoms with Crippen LogP contribution in [0.5, 0.6) is 0 Å². The summed E-state index contributed by atoms with van der Waals surface area (Å²) in [6, 6.07) is 7.45. The summed E-state index contributed by atoms with van der Waals surface area (Å²) < 4.78 is 1.66. The highest BCUT2D eigenvalue weighted by Gasteiger charge is 2.27. The van der Waals surface area contributed by atoms with Gasteiger partial charge in [-0.15, -0.1) is 10.2 Å². The standard InChI is InChI=1S/C17H18ClN7O/c1-12-10-23(8-9-24(12)14-4-6-19-7-5-14)17(26)20-16-22-21-15-3-2-13(18)11-25(15)16/h2-7,11-12H,8-10H2,1H3,(H,20,22,26). The molecule has 1 unspecified atom stereocenters. The van der Waals surface area contributed by atoms with E-state index in [4.69, 9.17) is 11.6 Å². The summed E-state index contributed by atoms with van der Waals surface area (Å²) in [6.45, 7) is 4.10. The van der Waals surface area contributed by atoms with Gasteiger partial charge in [0.25, 0.3) is 0 Å². The minimum absolute atomic E-state index is 0.194. The minimum atomic E-state index is -0.194. The number of halogens is 1. The summed E-state index contributed by atoms with van der Waals surface area (Å²) in [4.78, 5) is 20.8. The van der Waals surface area contributed by atoms with Crippen LogP contribution in [0.25, 0.3) is 5.65 Å². The highest BCUT2D eigenvalue weighted by atomic mass is 35.5. The van der Waals surface area contributed by atoms with E-state index in [1.807, 2.05) is 12.1 Å². The average Bonchev–Trinajstić information content (AvgIpc) is 3.04. The smallest absolute Gasteiger partial charge is 0.324 e. The fourth-order valence-electron chi connectivity index (χ4n) is 3.19. The second-order valence-electron chi connectivity index (χ2n) is 6.22. The van der Waals surface area contributed by atoms with Gasteiger partial charge in [0.15, 0.2) is 5.65 Å². The molecule has 0 aromatic carbocycles. The van der Waals surface area contributed by atoms with E-state index in [0.717, 1.165) is 12.2 Å². The summed E-state index contributed by atoms with van der Waals surface area (Å²) in [5, 5.41) is 11.4. The molecule has 0 radical (unpaired) electrons. The van der Waals surface area contributed by atoms with Crippen molar-refractivity contribution in [3.05, 3.63) is 47.9 Å². The molecule has 2 amide bonds. The first-order chi connectivity index (χ1) is 12.6. The van der Waals surface area contributed by atoms with Gasteiger partial charge in [-0.25, -0.2) is 4.79 Å². The lowest BCUT2D eigenvalue weighted by atomic mass is 10.1. The van der Waals surface area contributed by atoms with Crippen molar-refractivity contribution in [1.29, 1.82) is 0 Å². The molecule has 0 aliphatic carbocycles. The normalized spacial score (nSPS) is 17.5. The summed E-state index contributed by atoms with van der Waals surface area (Å²) in [6.07, 6.45) is 5.24. The molecule has 8 nitrogen and oxygen atoms in total. The summed E-state index contributed by atoms with van der Waals surface area (Å²) in [7, 11) is 0. The molecule has 0 saturated carbocycles. The number of hydrogen-bond acceptors (Lipinski definition) is 5. The van der Waals surface area contributed by atoms with Crippen molar-refractivity contribution in [3.63, 3.8) is 0 Å². The molecular weight excluding hydrogens is 354 g/mol. The lowest BCUT2D eigenvalue weighted by Crippen LogP contribution is -2.54. The number of amides is 2. The molecule has 0 spiro atoms. The molecule has 9 heteroatoms. The van der Waals surface area contributed by atoms with Gasteiger partial charge in [-0.1, -0.05) is 11.6 Å². The first-order valence-electron chi connectivity index (χ1n) is 8.35. The van der Waals surface area contributed by atoms with Gasteiger partial charge in [0.2, 0.25) is 5.95 Å². The van der Waals surface area contributed by atoms with E-state index in [0.29, 0.717) is 29.7 Å². The number of fused-ring (bicyclic) bond motifs is 1. The quantitative estimate of drug-likeness (QED) is 0.748. The number of piperazine rings is 1. The van der Waals surface area contributed by atoms with Gasteiger partial charge in [0.05, 0.1) is 5.02 Å². The van der Waals surface area contributed by atoms with Crippen LogP contribution in [0.3, 0.4) is 0 Å². The highest BCUT2D eigenvalue weighted by molar-refractivity contribution is 6.30. The zero-order chi connectivity index (χ0) is 18.1. The van der Waals surface area contributed by atoms with Crippen molar-refractivity contribution in [2.24, 2.45) is 0 Å². The molecular formula is C17H18ClN7O. The Hall–Kier alpha value is -2.87. The van der Waals surface area contributed by atoms with Crippen LogP contribution in [-0.4, -0.2) is 56.2 Å². The maximum Gasteiger partial charge on any atom is 0.324 e. The number of hydrogen-bond donors (Lipinski definition) is 1. The predicted octanol–water partition coefficient (Wildman–Crippen LogP) is 2.52. The van der Waals surface area contributed by atoms with Gasteiger partial charge in [0, 0.05) is 50.0 Å². The van der Waals surface area contributed by atoms with Crippen LogP contribution >= 0.6 is 11.6 Å². The number of urea groups is 1. The third kappa shape index (κ3) is 3.15. The van der Waals surface area contributed by atoms with Crippen molar-refractivity contribution in [3.8, 4) is 0 Å². The molecule has 1 N–H and O–H groups in total. The molecule has 4 heterocycles. The average molecular weight is 372 g/mol. The molecule has 1 saturated heterocycles. The van der Waals surface area contributed by atoms with Crippen molar-refractivity contribution in [2.45, 2.75) is 13.0 Å². The van der Waals surface area contributed by atoms with E-state index < -0.39 is 0 Å². The van der Waals surface area contributed by atoms with Gasteiger partial charge >= 0.3 is 6.03 Å². The second-order valence-corrected chi connectivity index (χ2v) is 6.66. The topological polar surface area (TPSA) is 78.7 Å². The van der Waals surface area contributed by atoms with Gasteiger partial charge in [-0.2, -0.15) is 0 Å². The summed E-state index contributed by atoms with van der Waals surface area (Å²) in [5.74, 6) is 0.358. The SMILES string of the molecule is CC1CN(C(=O)Nc2nnc3ccc(Cl)cn23)CCN1c1ccncc1. The number of anilines is 2. The first kappa shape index (κ1) is 16.6. The Morgan fingerprint density at radius 2 is 2.00 bits per heavy atom. The van der Waals surface area contributed by atoms with E-state index in [1.54, 1.807) is 40.0 Å². The van der Waals surface area contributed by atoms with Gasteiger partial charge < -0.3 is 9.80 Å². The Morgan fingerprint density at radius 3 is 2.77 bits per heavy atom. The van der Waals surface area contributed by atoms with E-state index in [-0.39, 0.29) is 12.1 Å². The Kier molecular flexibility index (Phi) is 4.34. The molecule has 3 aromatic heterocycles. The number of pyridine rings is 2. The highest BCUT2D eigenvalue weighted by Crippen LogP contribution is 2.20. The van der Waals surface area contributed by atoms with Crippen molar-refractivity contribution >= 4 is 34.9 Å². The molecule has 26 heavy (non-hydrogen) atoms. The van der Waals surface area contributed by atoms with Crippen LogP contribution in [0.1, 0.15) is 6.92 Å². The van der Waals surface area contributed by atoms with E-state index in [2.05, 4.69) is 32.3 Å². The number of carbonyl (C=O) groups is 1. The van der Waals surface area contributed by atoms with E-state index >= 15 is 0 Å². The monoisotopic (exact) mass is 371 g/mol. The zero-order valence-electron chi connectivity index (χ0n) is 14.2. The van der Waals surface area contributed by atoms with Gasteiger partial charge in [-0.05, 0) is 31.2 Å². The molecule has 3 aromatic rings. The molecule has 1 aliphatic heterocycles. The van der Waals surface area contributed by atoms with Crippen LogP contribution < -0.4 is 10.2 Å². The number of nitrogens with one attached hydrogen (secondary N) is 1.